The number of nitrogens with one attached hydrogen (secondary N) is 1. The highest BCUT2D eigenvalue weighted by Crippen LogP contribution is 2.21. The van der Waals surface area contributed by atoms with Crippen LogP contribution in [0.4, 0.5) is 5.69 Å². The van der Waals surface area contributed by atoms with Gasteiger partial charge in [-0.05, 0) is 24.3 Å². The molecule has 0 atom stereocenters. The number of fused-ring (bicyclic) bond motifs is 1. The molecule has 27 heavy (non-hydrogen) atoms. The number of hydrogen-bond acceptors (Lipinski definition) is 3. The van der Waals surface area contributed by atoms with Gasteiger partial charge in [0.25, 0.3) is 5.91 Å². The van der Waals surface area contributed by atoms with Gasteiger partial charge >= 0.3 is 0 Å². The van der Waals surface area contributed by atoms with Gasteiger partial charge in [-0.15, -0.1) is 0 Å². The van der Waals surface area contributed by atoms with Gasteiger partial charge in [-0.3, -0.25) is 4.79 Å². The van der Waals surface area contributed by atoms with Crippen LogP contribution in [0.15, 0.2) is 66.4 Å². The van der Waals surface area contributed by atoms with Gasteiger partial charge < -0.3 is 14.8 Å². The van der Waals surface area contributed by atoms with Gasteiger partial charge in [0.2, 0.25) is 0 Å². The van der Waals surface area contributed by atoms with E-state index in [-0.39, 0.29) is 11.5 Å². The van der Waals surface area contributed by atoms with Gasteiger partial charge in [0.15, 0.2) is 0 Å². The summed E-state index contributed by atoms with van der Waals surface area (Å²) in [5.74, 6) is -0.199. The zero-order chi connectivity index (χ0) is 18.6. The Morgan fingerprint density at radius 1 is 1.00 bits per heavy atom. The molecule has 2 heterocycles. The summed E-state index contributed by atoms with van der Waals surface area (Å²) in [5, 5.41) is 10.5. The highest BCUT2D eigenvalue weighted by molar-refractivity contribution is 6.04. The number of H-pyrrole nitrogens is 1. The molecule has 1 N–H and O–H groups in total. The van der Waals surface area contributed by atoms with E-state index in [2.05, 4.69) is 28.1 Å². The highest BCUT2D eigenvalue weighted by Gasteiger charge is 2.24. The molecule has 134 valence electrons. The second-order valence-corrected chi connectivity index (χ2v) is 6.57. The number of rotatable bonds is 3. The van der Waals surface area contributed by atoms with Crippen LogP contribution in [0.1, 0.15) is 5.56 Å². The molecule has 5 nitrogen and oxygen atoms in total. The maximum Gasteiger partial charge on any atom is 0.264 e. The number of carbonyl (C=O) groups is 1. The summed E-state index contributed by atoms with van der Waals surface area (Å²) in [6.07, 6.45) is 3.52. The average Bonchev–Trinajstić information content (AvgIpc) is 3.15. The normalized spacial score (nSPS) is 15.0. The van der Waals surface area contributed by atoms with Crippen molar-refractivity contribution in [2.75, 3.05) is 31.1 Å². The Morgan fingerprint density at radius 2 is 1.70 bits per heavy atom. The summed E-state index contributed by atoms with van der Waals surface area (Å²) in [6, 6.07) is 20.1. The van der Waals surface area contributed by atoms with Crippen molar-refractivity contribution in [2.24, 2.45) is 0 Å². The molecule has 0 bridgehead atoms. The quantitative estimate of drug-likeness (QED) is 0.578. The first-order valence-corrected chi connectivity index (χ1v) is 9.03. The maximum absolute atomic E-state index is 12.8. The van der Waals surface area contributed by atoms with Crippen LogP contribution in [-0.4, -0.2) is 42.0 Å². The Kier molecular flexibility index (Phi) is 4.63. The van der Waals surface area contributed by atoms with Gasteiger partial charge in [0.05, 0.1) is 0 Å². The predicted octanol–water partition coefficient (Wildman–Crippen LogP) is 3.42. The van der Waals surface area contributed by atoms with Crippen LogP contribution in [0.25, 0.3) is 17.0 Å². The van der Waals surface area contributed by atoms with Gasteiger partial charge in [-0.25, -0.2) is 0 Å². The zero-order valence-electron chi connectivity index (χ0n) is 14.9. The fourth-order valence-corrected chi connectivity index (χ4v) is 3.49. The largest absolute Gasteiger partial charge is 0.368 e. The molecule has 0 spiro atoms. The molecular weight excluding hydrogens is 336 g/mol. The topological polar surface area (TPSA) is 63.1 Å². The van der Waals surface area contributed by atoms with Crippen LogP contribution in [-0.2, 0) is 4.79 Å². The summed E-state index contributed by atoms with van der Waals surface area (Å²) in [5.41, 5.74) is 3.19. The van der Waals surface area contributed by atoms with Gasteiger partial charge in [-0.1, -0.05) is 36.4 Å². The summed E-state index contributed by atoms with van der Waals surface area (Å²) in [7, 11) is 0. The zero-order valence-corrected chi connectivity index (χ0v) is 14.9. The number of aromatic nitrogens is 1. The molecule has 0 radical (unpaired) electrons. The second kappa shape index (κ2) is 7.38. The summed E-state index contributed by atoms with van der Waals surface area (Å²) in [6.45, 7) is 2.75. The number of piperazine rings is 1. The van der Waals surface area contributed by atoms with Crippen molar-refractivity contribution in [3.05, 3.63) is 71.9 Å². The monoisotopic (exact) mass is 356 g/mol. The lowest BCUT2D eigenvalue weighted by atomic mass is 10.1. The van der Waals surface area contributed by atoms with Crippen molar-refractivity contribution >= 4 is 28.6 Å². The molecule has 1 aliphatic heterocycles. The van der Waals surface area contributed by atoms with Crippen molar-refractivity contribution in [2.45, 2.75) is 0 Å². The SMILES string of the molecule is N#C/C(=C\c1c[nH]c2ccccc12)C(=O)N1CCN(c2ccccc2)CC1. The van der Waals surface area contributed by atoms with Gasteiger partial charge in [0.1, 0.15) is 11.6 Å². The van der Waals surface area contributed by atoms with Crippen molar-refractivity contribution < 1.29 is 4.79 Å². The van der Waals surface area contributed by atoms with Crippen molar-refractivity contribution in [1.82, 2.24) is 9.88 Å². The van der Waals surface area contributed by atoms with E-state index in [9.17, 15) is 10.1 Å². The molecule has 1 saturated heterocycles. The maximum atomic E-state index is 12.8. The Morgan fingerprint density at radius 3 is 2.44 bits per heavy atom. The third kappa shape index (κ3) is 3.42. The molecule has 0 aliphatic carbocycles. The van der Waals surface area contributed by atoms with Crippen LogP contribution >= 0.6 is 0 Å². The highest BCUT2D eigenvalue weighted by atomic mass is 16.2. The van der Waals surface area contributed by atoms with E-state index in [1.165, 1.54) is 5.69 Å². The van der Waals surface area contributed by atoms with E-state index in [0.717, 1.165) is 29.6 Å². The van der Waals surface area contributed by atoms with Crippen molar-refractivity contribution in [1.29, 1.82) is 5.26 Å². The van der Waals surface area contributed by atoms with E-state index in [0.29, 0.717) is 13.1 Å². The first kappa shape index (κ1) is 16.9. The van der Waals surface area contributed by atoms with Crippen LogP contribution < -0.4 is 4.90 Å². The number of aromatic amines is 1. The number of benzene rings is 2. The lowest BCUT2D eigenvalue weighted by molar-refractivity contribution is -0.126. The van der Waals surface area contributed by atoms with Crippen molar-refractivity contribution in [3.8, 4) is 6.07 Å². The number of amides is 1. The fourth-order valence-electron chi connectivity index (χ4n) is 3.49. The number of nitriles is 1. The fraction of sp³-hybridized carbons (Fsp3) is 0.182. The average molecular weight is 356 g/mol. The number of carbonyl (C=O) groups excluding carboxylic acids is 1. The van der Waals surface area contributed by atoms with Crippen LogP contribution in [0.5, 0.6) is 0 Å². The van der Waals surface area contributed by atoms with Crippen LogP contribution in [0.2, 0.25) is 0 Å². The predicted molar refractivity (Wildman–Crippen MR) is 107 cm³/mol. The van der Waals surface area contributed by atoms with E-state index in [4.69, 9.17) is 0 Å². The molecule has 1 fully saturated rings. The van der Waals surface area contributed by atoms with Gasteiger partial charge in [0, 0.05) is 54.5 Å². The number of anilines is 1. The van der Waals surface area contributed by atoms with Crippen LogP contribution in [0, 0.1) is 11.3 Å². The Balaban J connectivity index is 1.49. The summed E-state index contributed by atoms with van der Waals surface area (Å²) >= 11 is 0. The molecule has 1 aliphatic rings. The first-order valence-electron chi connectivity index (χ1n) is 9.03. The Labute approximate surface area is 158 Å². The van der Waals surface area contributed by atoms with E-state index in [1.807, 2.05) is 48.7 Å². The summed E-state index contributed by atoms with van der Waals surface area (Å²) < 4.78 is 0. The number of hydrogen-bond donors (Lipinski definition) is 1. The molecule has 1 amide bonds. The van der Waals surface area contributed by atoms with E-state index < -0.39 is 0 Å². The minimum Gasteiger partial charge on any atom is -0.368 e. The Bertz CT molecular complexity index is 1020. The number of para-hydroxylation sites is 2. The standard InChI is InChI=1S/C22H20N4O/c23-15-17(14-18-16-24-21-9-5-4-8-20(18)21)22(27)26-12-10-25(11-13-26)19-6-2-1-3-7-19/h1-9,14,16,24H,10-13H2/b17-14+. The molecular formula is C22H20N4O. The molecule has 3 aromatic rings. The lowest BCUT2D eigenvalue weighted by Crippen LogP contribution is -2.49. The smallest absolute Gasteiger partial charge is 0.264 e. The minimum absolute atomic E-state index is 0.174. The summed E-state index contributed by atoms with van der Waals surface area (Å²) in [4.78, 5) is 20.0. The molecule has 2 aromatic carbocycles. The third-order valence-corrected chi connectivity index (χ3v) is 4.96. The lowest BCUT2D eigenvalue weighted by Gasteiger charge is -2.36. The minimum atomic E-state index is -0.199. The van der Waals surface area contributed by atoms with Gasteiger partial charge in [-0.2, -0.15) is 5.26 Å². The first-order chi connectivity index (χ1) is 13.3. The second-order valence-electron chi connectivity index (χ2n) is 6.57. The molecule has 1 aromatic heterocycles. The number of nitrogens with zero attached hydrogens (tertiary/aromatic N) is 3. The van der Waals surface area contributed by atoms with E-state index in [1.54, 1.807) is 11.0 Å². The van der Waals surface area contributed by atoms with Crippen LogP contribution in [0.3, 0.4) is 0 Å². The Hall–Kier alpha value is -3.52. The molecule has 5 heteroatoms. The molecule has 0 saturated carbocycles. The van der Waals surface area contributed by atoms with Crippen molar-refractivity contribution in [3.63, 3.8) is 0 Å². The third-order valence-electron chi connectivity index (χ3n) is 4.96. The van der Waals surface area contributed by atoms with E-state index >= 15 is 0 Å². The molecule has 4 rings (SSSR count). The molecule has 0 unspecified atom stereocenters.